The van der Waals surface area contributed by atoms with E-state index in [1.54, 1.807) is 0 Å². The summed E-state index contributed by atoms with van der Waals surface area (Å²) in [4.78, 5) is 8.83. The minimum absolute atomic E-state index is 0.428. The molecule has 1 saturated heterocycles. The highest BCUT2D eigenvalue weighted by molar-refractivity contribution is 6.55. The van der Waals surface area contributed by atoms with Crippen molar-refractivity contribution in [3.05, 3.63) is 0 Å². The Morgan fingerprint density at radius 1 is 1.56 bits per heavy atom. The van der Waals surface area contributed by atoms with E-state index >= 15 is 0 Å². The number of rotatable bonds is 2. The van der Waals surface area contributed by atoms with E-state index in [0.29, 0.717) is 12.9 Å². The normalized spacial score (nSPS) is 18.7. The van der Waals surface area contributed by atoms with Crippen molar-refractivity contribution >= 4 is 14.4 Å². The lowest BCUT2D eigenvalue weighted by Gasteiger charge is -2.01. The van der Waals surface area contributed by atoms with Gasteiger partial charge in [0.15, 0.2) is 0 Å². The van der Waals surface area contributed by atoms with Crippen LogP contribution in [0, 0.1) is 0 Å². The fraction of sp³-hybridized carbons (Fsp3) is 1.00. The molecule has 0 aromatic heterocycles. The van der Waals surface area contributed by atoms with Crippen molar-refractivity contribution in [2.75, 3.05) is 6.61 Å². The monoisotopic (exact) mass is 132 g/mol. The van der Waals surface area contributed by atoms with Gasteiger partial charge in [0.25, 0.3) is 0 Å². The molecule has 0 aromatic carbocycles. The molecular formula is C2H6B2O5. The highest BCUT2D eigenvalue weighted by Gasteiger charge is 2.29. The van der Waals surface area contributed by atoms with Crippen molar-refractivity contribution in [2.45, 2.75) is 6.32 Å². The van der Waals surface area contributed by atoms with Crippen LogP contribution in [0.1, 0.15) is 0 Å². The predicted octanol–water partition coefficient (Wildman–Crippen LogP) is -1.58. The van der Waals surface area contributed by atoms with Crippen molar-refractivity contribution < 1.29 is 24.3 Å². The quantitative estimate of drug-likeness (QED) is 0.350. The van der Waals surface area contributed by atoms with Crippen LogP contribution in [0.2, 0.25) is 6.32 Å². The Kier molecular flexibility index (Phi) is 2.49. The molecule has 2 N–H and O–H groups in total. The maximum Gasteiger partial charge on any atom is 0.620 e. The lowest BCUT2D eigenvalue weighted by Crippen LogP contribution is -2.28. The van der Waals surface area contributed by atoms with Crippen molar-refractivity contribution in [3.63, 3.8) is 0 Å². The molecule has 0 aliphatic carbocycles. The minimum atomic E-state index is -1.78. The molecule has 0 amide bonds. The van der Waals surface area contributed by atoms with Crippen LogP contribution in [0.4, 0.5) is 0 Å². The predicted molar refractivity (Wildman–Crippen MR) is 28.9 cm³/mol. The zero-order valence-electron chi connectivity index (χ0n) is 4.69. The maximum atomic E-state index is 8.21. The summed E-state index contributed by atoms with van der Waals surface area (Å²) in [6.45, 7) is 0.428. The molecular weight excluding hydrogens is 126 g/mol. The number of hydrogen-bond acceptors (Lipinski definition) is 5. The molecule has 5 nitrogen and oxygen atoms in total. The van der Waals surface area contributed by atoms with Crippen LogP contribution in [-0.2, 0) is 14.3 Å². The molecule has 1 heterocycles. The maximum absolute atomic E-state index is 8.21. The van der Waals surface area contributed by atoms with Gasteiger partial charge in [-0.25, -0.2) is 0 Å². The van der Waals surface area contributed by atoms with Crippen LogP contribution in [0.15, 0.2) is 0 Å². The molecule has 1 fully saturated rings. The highest BCUT2D eigenvalue weighted by atomic mass is 17.2. The Morgan fingerprint density at radius 2 is 2.33 bits per heavy atom. The van der Waals surface area contributed by atoms with E-state index in [9.17, 15) is 0 Å². The Labute approximate surface area is 52.8 Å². The summed E-state index contributed by atoms with van der Waals surface area (Å²) in [6.07, 6.45) is 0.525. The van der Waals surface area contributed by atoms with E-state index in [4.69, 9.17) is 10.0 Å². The SMILES string of the molecule is OB(O)OB1CCOO1. The average Bonchev–Trinajstić information content (AvgIpc) is 2.15. The minimum Gasteiger partial charge on any atom is -0.423 e. The van der Waals surface area contributed by atoms with Gasteiger partial charge in [-0.05, 0) is 0 Å². The van der Waals surface area contributed by atoms with Crippen molar-refractivity contribution in [1.29, 1.82) is 0 Å². The molecule has 0 unspecified atom stereocenters. The molecule has 0 spiro atoms. The second-order valence-electron chi connectivity index (χ2n) is 1.60. The van der Waals surface area contributed by atoms with Gasteiger partial charge < -0.3 is 14.6 Å². The third-order valence-corrected chi connectivity index (χ3v) is 0.886. The standard InChI is InChI=1S/C2H6B2O5/c5-4(6)8-3-1-2-7-9-3/h5-6H,1-2H2. The van der Waals surface area contributed by atoms with Gasteiger partial charge in [0.2, 0.25) is 0 Å². The Morgan fingerprint density at radius 3 is 2.78 bits per heavy atom. The molecule has 0 radical (unpaired) electrons. The summed E-state index contributed by atoms with van der Waals surface area (Å²) in [5.74, 6) is 0. The van der Waals surface area contributed by atoms with Crippen molar-refractivity contribution in [2.24, 2.45) is 0 Å². The fourth-order valence-corrected chi connectivity index (χ4v) is 0.543. The third kappa shape index (κ3) is 2.33. The fourth-order valence-electron chi connectivity index (χ4n) is 0.543. The molecule has 50 valence electrons. The van der Waals surface area contributed by atoms with E-state index in [2.05, 4.69) is 14.3 Å². The molecule has 1 rings (SSSR count). The molecule has 0 atom stereocenters. The first-order chi connectivity index (χ1) is 4.29. The van der Waals surface area contributed by atoms with Crippen LogP contribution in [0.25, 0.3) is 0 Å². The van der Waals surface area contributed by atoms with Gasteiger partial charge in [0.05, 0.1) is 6.61 Å². The smallest absolute Gasteiger partial charge is 0.423 e. The molecule has 1 aliphatic heterocycles. The van der Waals surface area contributed by atoms with Gasteiger partial charge in [-0.3, -0.25) is 9.69 Å². The van der Waals surface area contributed by atoms with E-state index in [0.717, 1.165) is 0 Å². The largest absolute Gasteiger partial charge is 0.620 e. The van der Waals surface area contributed by atoms with Crippen LogP contribution in [-0.4, -0.2) is 31.1 Å². The van der Waals surface area contributed by atoms with E-state index in [1.807, 2.05) is 0 Å². The summed E-state index contributed by atoms with van der Waals surface area (Å²) in [6, 6.07) is 0. The Hall–Kier alpha value is -0.0701. The lowest BCUT2D eigenvalue weighted by molar-refractivity contribution is -0.193. The van der Waals surface area contributed by atoms with Gasteiger partial charge in [-0.1, -0.05) is 0 Å². The first-order valence-electron chi connectivity index (χ1n) is 2.59. The molecule has 9 heavy (non-hydrogen) atoms. The van der Waals surface area contributed by atoms with Gasteiger partial charge in [0.1, 0.15) is 0 Å². The topological polar surface area (TPSA) is 68.2 Å². The molecule has 0 saturated carbocycles. The Balaban J connectivity index is 2.11. The van der Waals surface area contributed by atoms with E-state index in [1.165, 1.54) is 0 Å². The Bertz CT molecular complexity index is 81.0. The molecule has 7 heteroatoms. The van der Waals surface area contributed by atoms with Crippen molar-refractivity contribution in [3.8, 4) is 0 Å². The van der Waals surface area contributed by atoms with E-state index in [-0.39, 0.29) is 0 Å². The lowest BCUT2D eigenvalue weighted by atomic mass is 9.84. The molecule has 0 bridgehead atoms. The van der Waals surface area contributed by atoms with E-state index < -0.39 is 14.4 Å². The van der Waals surface area contributed by atoms with Crippen LogP contribution < -0.4 is 0 Å². The average molecular weight is 132 g/mol. The summed E-state index contributed by atoms with van der Waals surface area (Å²) in [7, 11) is -2.42. The van der Waals surface area contributed by atoms with Crippen molar-refractivity contribution in [1.82, 2.24) is 0 Å². The zero-order chi connectivity index (χ0) is 6.69. The van der Waals surface area contributed by atoms with Gasteiger partial charge in [-0.2, -0.15) is 0 Å². The highest BCUT2D eigenvalue weighted by Crippen LogP contribution is 2.06. The van der Waals surface area contributed by atoms with Gasteiger partial charge in [-0.15, -0.1) is 0 Å². The first-order valence-corrected chi connectivity index (χ1v) is 2.59. The second-order valence-corrected chi connectivity index (χ2v) is 1.60. The summed E-state index contributed by atoms with van der Waals surface area (Å²) < 4.78 is 4.38. The summed E-state index contributed by atoms with van der Waals surface area (Å²) in [5.41, 5.74) is 0. The van der Waals surface area contributed by atoms with Gasteiger partial charge in [0, 0.05) is 6.32 Å². The zero-order valence-corrected chi connectivity index (χ0v) is 4.69. The van der Waals surface area contributed by atoms with Crippen LogP contribution in [0.3, 0.4) is 0 Å². The van der Waals surface area contributed by atoms with Crippen LogP contribution in [0.5, 0.6) is 0 Å². The van der Waals surface area contributed by atoms with Crippen LogP contribution >= 0.6 is 0 Å². The number of hydrogen-bond donors (Lipinski definition) is 2. The second kappa shape index (κ2) is 3.19. The third-order valence-electron chi connectivity index (χ3n) is 0.886. The first kappa shape index (κ1) is 7.04. The summed E-state index contributed by atoms with van der Waals surface area (Å²) >= 11 is 0. The molecule has 1 aliphatic rings. The molecule has 0 aromatic rings. The van der Waals surface area contributed by atoms with Gasteiger partial charge >= 0.3 is 14.4 Å². The summed E-state index contributed by atoms with van der Waals surface area (Å²) in [5, 5.41) is 16.4.